The first kappa shape index (κ1) is 20.1. The molecule has 6 nitrogen and oxygen atoms in total. The van der Waals surface area contributed by atoms with E-state index in [0.717, 1.165) is 69.7 Å². The summed E-state index contributed by atoms with van der Waals surface area (Å²) in [5, 5.41) is 8.23. The van der Waals surface area contributed by atoms with Gasteiger partial charge in [-0.25, -0.2) is 0 Å². The Labute approximate surface area is 173 Å². The first-order valence-electron chi connectivity index (χ1n) is 11.1. The maximum atomic E-state index is 13.2. The third-order valence-corrected chi connectivity index (χ3v) is 6.43. The number of amides is 1. The molecule has 1 amide bonds. The number of carbonyl (C=O) groups is 1. The van der Waals surface area contributed by atoms with Gasteiger partial charge >= 0.3 is 0 Å². The zero-order valence-corrected chi connectivity index (χ0v) is 17.4. The first-order chi connectivity index (χ1) is 14.2. The van der Waals surface area contributed by atoms with Gasteiger partial charge in [0.2, 0.25) is 11.8 Å². The van der Waals surface area contributed by atoms with Crippen molar-refractivity contribution in [1.82, 2.24) is 20.0 Å². The van der Waals surface area contributed by atoms with Crippen LogP contribution in [0.25, 0.3) is 0 Å². The van der Waals surface area contributed by atoms with Crippen LogP contribution in [0.4, 0.5) is 0 Å². The summed E-state index contributed by atoms with van der Waals surface area (Å²) in [6, 6.07) is 10.1. The Bertz CT molecular complexity index is 783. The molecule has 0 N–H and O–H groups in total. The second-order valence-electron chi connectivity index (χ2n) is 8.34. The second-order valence-corrected chi connectivity index (χ2v) is 8.34. The minimum atomic E-state index is 0.206. The molecule has 1 atom stereocenters. The van der Waals surface area contributed by atoms with E-state index in [1.165, 1.54) is 12.8 Å². The number of piperidine rings is 1. The van der Waals surface area contributed by atoms with Gasteiger partial charge in [-0.3, -0.25) is 9.69 Å². The number of hydrogen-bond acceptors (Lipinski definition) is 5. The zero-order valence-electron chi connectivity index (χ0n) is 17.4. The van der Waals surface area contributed by atoms with Gasteiger partial charge in [-0.05, 0) is 56.8 Å². The summed E-state index contributed by atoms with van der Waals surface area (Å²) in [4.78, 5) is 17.8. The molecule has 2 fully saturated rings. The van der Waals surface area contributed by atoms with Crippen LogP contribution in [0.1, 0.15) is 67.6 Å². The molecule has 0 saturated carbocycles. The topological polar surface area (TPSA) is 62.5 Å². The highest BCUT2D eigenvalue weighted by Crippen LogP contribution is 2.31. The molecular weight excluding hydrogens is 364 g/mol. The van der Waals surface area contributed by atoms with Gasteiger partial charge in [-0.15, -0.1) is 10.2 Å². The van der Waals surface area contributed by atoms with Crippen molar-refractivity contribution in [2.24, 2.45) is 5.92 Å². The maximum absolute atomic E-state index is 13.2. The van der Waals surface area contributed by atoms with E-state index in [-0.39, 0.29) is 5.91 Å². The van der Waals surface area contributed by atoms with Gasteiger partial charge < -0.3 is 9.32 Å². The van der Waals surface area contributed by atoms with Crippen LogP contribution in [0, 0.1) is 5.92 Å². The zero-order chi connectivity index (χ0) is 20.1. The predicted octanol–water partition coefficient (Wildman–Crippen LogP) is 3.93. The number of likely N-dealkylation sites (tertiary alicyclic amines) is 2. The molecule has 156 valence electrons. The van der Waals surface area contributed by atoms with Gasteiger partial charge in [0.25, 0.3) is 5.91 Å². The average Bonchev–Trinajstić information content (AvgIpc) is 3.08. The van der Waals surface area contributed by atoms with Gasteiger partial charge in [0, 0.05) is 24.6 Å². The monoisotopic (exact) mass is 396 g/mol. The SMILES string of the molecule is CCc1nnc(CN2CCC([C@H]3CCCCCN3C(=O)c3ccccc3)CC2)o1. The van der Waals surface area contributed by atoms with Crippen LogP contribution in [0.5, 0.6) is 0 Å². The minimum Gasteiger partial charge on any atom is -0.424 e. The van der Waals surface area contributed by atoms with Crippen molar-refractivity contribution in [2.75, 3.05) is 19.6 Å². The van der Waals surface area contributed by atoms with E-state index in [1.807, 2.05) is 37.3 Å². The minimum absolute atomic E-state index is 0.206. The Balaban J connectivity index is 1.39. The van der Waals surface area contributed by atoms with Crippen molar-refractivity contribution in [3.63, 3.8) is 0 Å². The largest absolute Gasteiger partial charge is 0.424 e. The van der Waals surface area contributed by atoms with Crippen LogP contribution in [0.2, 0.25) is 0 Å². The van der Waals surface area contributed by atoms with Crippen LogP contribution in [0.15, 0.2) is 34.7 Å². The molecule has 2 aromatic rings. The number of carbonyl (C=O) groups excluding carboxylic acids is 1. The van der Waals surface area contributed by atoms with Crippen LogP contribution in [-0.4, -0.2) is 51.6 Å². The summed E-state index contributed by atoms with van der Waals surface area (Å²) in [6.45, 7) is 5.70. The summed E-state index contributed by atoms with van der Waals surface area (Å²) >= 11 is 0. The Morgan fingerprint density at radius 1 is 1.00 bits per heavy atom. The van der Waals surface area contributed by atoms with Crippen molar-refractivity contribution < 1.29 is 9.21 Å². The molecule has 0 aliphatic carbocycles. The summed E-state index contributed by atoms with van der Waals surface area (Å²) in [7, 11) is 0. The third kappa shape index (κ3) is 4.86. The van der Waals surface area contributed by atoms with Crippen LogP contribution in [-0.2, 0) is 13.0 Å². The Kier molecular flexibility index (Phi) is 6.60. The number of aryl methyl sites for hydroxylation is 1. The molecule has 6 heteroatoms. The fourth-order valence-electron chi connectivity index (χ4n) is 4.81. The standard InChI is InChI=1S/C23H32N4O2/c1-2-21-24-25-22(29-21)17-26-15-12-18(13-16-26)20-11-7-4-8-14-27(20)23(28)19-9-5-3-6-10-19/h3,5-6,9-10,18,20H,2,4,7-8,11-17H2,1H3/t20-/m1/s1. The van der Waals surface area contributed by atoms with Gasteiger partial charge in [0.1, 0.15) is 0 Å². The molecule has 29 heavy (non-hydrogen) atoms. The highest BCUT2D eigenvalue weighted by atomic mass is 16.4. The summed E-state index contributed by atoms with van der Waals surface area (Å²) in [5.74, 6) is 2.21. The van der Waals surface area contributed by atoms with Crippen molar-refractivity contribution in [1.29, 1.82) is 0 Å². The average molecular weight is 397 g/mol. The van der Waals surface area contributed by atoms with Gasteiger partial charge in [-0.1, -0.05) is 38.0 Å². The Morgan fingerprint density at radius 3 is 2.48 bits per heavy atom. The fraction of sp³-hybridized carbons (Fsp3) is 0.609. The Hall–Kier alpha value is -2.21. The number of aromatic nitrogens is 2. The van der Waals surface area contributed by atoms with Gasteiger partial charge in [0.15, 0.2) is 0 Å². The molecule has 2 saturated heterocycles. The molecule has 0 unspecified atom stereocenters. The van der Waals surface area contributed by atoms with Crippen LogP contribution < -0.4 is 0 Å². The molecule has 1 aromatic heterocycles. The van der Waals surface area contributed by atoms with E-state index in [9.17, 15) is 4.79 Å². The van der Waals surface area contributed by atoms with Gasteiger partial charge in [-0.2, -0.15) is 0 Å². The molecular formula is C23H32N4O2. The fourth-order valence-corrected chi connectivity index (χ4v) is 4.81. The van der Waals surface area contributed by atoms with Crippen molar-refractivity contribution in [3.8, 4) is 0 Å². The number of hydrogen-bond donors (Lipinski definition) is 0. The van der Waals surface area contributed by atoms with E-state index in [0.29, 0.717) is 17.9 Å². The molecule has 1 aromatic carbocycles. The van der Waals surface area contributed by atoms with Crippen molar-refractivity contribution in [2.45, 2.75) is 64.5 Å². The van der Waals surface area contributed by atoms with Gasteiger partial charge in [0.05, 0.1) is 6.54 Å². The van der Waals surface area contributed by atoms with E-state index in [2.05, 4.69) is 20.0 Å². The second kappa shape index (κ2) is 9.53. The van der Waals surface area contributed by atoms with Crippen LogP contribution >= 0.6 is 0 Å². The van der Waals surface area contributed by atoms with E-state index >= 15 is 0 Å². The van der Waals surface area contributed by atoms with E-state index < -0.39 is 0 Å². The molecule has 0 radical (unpaired) electrons. The molecule has 2 aliphatic heterocycles. The number of nitrogens with zero attached hydrogens (tertiary/aromatic N) is 4. The smallest absolute Gasteiger partial charge is 0.254 e. The first-order valence-corrected chi connectivity index (χ1v) is 11.1. The highest BCUT2D eigenvalue weighted by Gasteiger charge is 2.34. The normalized spacial score (nSPS) is 21.8. The lowest BCUT2D eigenvalue weighted by atomic mass is 9.86. The van der Waals surface area contributed by atoms with E-state index in [4.69, 9.17) is 4.42 Å². The van der Waals surface area contributed by atoms with Crippen molar-refractivity contribution >= 4 is 5.91 Å². The molecule has 4 rings (SSSR count). The Morgan fingerprint density at radius 2 is 1.76 bits per heavy atom. The molecule has 2 aliphatic rings. The predicted molar refractivity (Wildman–Crippen MR) is 111 cm³/mol. The quantitative estimate of drug-likeness (QED) is 0.766. The number of benzene rings is 1. The third-order valence-electron chi connectivity index (χ3n) is 6.43. The van der Waals surface area contributed by atoms with E-state index in [1.54, 1.807) is 0 Å². The maximum Gasteiger partial charge on any atom is 0.254 e. The summed E-state index contributed by atoms with van der Waals surface area (Å²) < 4.78 is 5.68. The lowest BCUT2D eigenvalue weighted by Crippen LogP contribution is -2.47. The molecule has 0 bridgehead atoms. The van der Waals surface area contributed by atoms with Crippen LogP contribution in [0.3, 0.4) is 0 Å². The number of rotatable bonds is 5. The summed E-state index contributed by atoms with van der Waals surface area (Å²) in [5.41, 5.74) is 0.819. The van der Waals surface area contributed by atoms with Crippen molar-refractivity contribution in [3.05, 3.63) is 47.7 Å². The highest BCUT2D eigenvalue weighted by molar-refractivity contribution is 5.94. The lowest BCUT2D eigenvalue weighted by Gasteiger charge is -2.40. The summed E-state index contributed by atoms with van der Waals surface area (Å²) in [6.07, 6.45) is 7.73. The lowest BCUT2D eigenvalue weighted by molar-refractivity contribution is 0.0508. The molecule has 0 spiro atoms. The molecule has 3 heterocycles.